The molecular formula is C14H26N4O2. The van der Waals surface area contributed by atoms with Crippen LogP contribution in [0.15, 0.2) is 5.16 Å². The van der Waals surface area contributed by atoms with Crippen molar-refractivity contribution in [2.24, 2.45) is 16.8 Å². The molecule has 6 nitrogen and oxygen atoms in total. The highest BCUT2D eigenvalue weighted by Gasteiger charge is 2.27. The van der Waals surface area contributed by atoms with Gasteiger partial charge in [0.1, 0.15) is 0 Å². The maximum atomic E-state index is 12.5. The highest BCUT2D eigenvalue weighted by atomic mass is 16.4. The molecule has 1 aliphatic carbocycles. The molecule has 1 amide bonds. The Morgan fingerprint density at radius 1 is 1.10 bits per heavy atom. The molecule has 6 heteroatoms. The topological polar surface area (TPSA) is 82.2 Å². The molecule has 0 radical (unpaired) electrons. The van der Waals surface area contributed by atoms with Gasteiger partial charge in [0.25, 0.3) is 0 Å². The molecule has 0 aromatic heterocycles. The highest BCUT2D eigenvalue weighted by Crippen LogP contribution is 2.25. The van der Waals surface area contributed by atoms with Crippen LogP contribution in [0, 0.1) is 5.92 Å². The standard InChI is InChI=1S/C14H26N4O2/c15-13(16-20)11-17-7-9-18(10-8-17)14(19)12-5-3-1-2-4-6-12/h12,20H,1-11H2,(H2,15,16). The molecular weight excluding hydrogens is 256 g/mol. The van der Waals surface area contributed by atoms with E-state index in [0.29, 0.717) is 12.5 Å². The van der Waals surface area contributed by atoms with Gasteiger partial charge in [-0.1, -0.05) is 30.8 Å². The Kier molecular flexibility index (Phi) is 5.64. The van der Waals surface area contributed by atoms with E-state index in [9.17, 15) is 4.79 Å². The second kappa shape index (κ2) is 7.47. The lowest BCUT2D eigenvalue weighted by atomic mass is 9.98. The first-order valence-corrected chi connectivity index (χ1v) is 7.68. The largest absolute Gasteiger partial charge is 0.409 e. The fourth-order valence-corrected chi connectivity index (χ4v) is 3.17. The monoisotopic (exact) mass is 282 g/mol. The average molecular weight is 282 g/mol. The molecule has 0 aromatic rings. The second-order valence-corrected chi connectivity index (χ2v) is 5.88. The third-order valence-corrected chi connectivity index (χ3v) is 4.40. The van der Waals surface area contributed by atoms with Gasteiger partial charge >= 0.3 is 0 Å². The molecule has 1 heterocycles. The fourth-order valence-electron chi connectivity index (χ4n) is 3.17. The van der Waals surface area contributed by atoms with Crippen molar-refractivity contribution >= 4 is 11.7 Å². The van der Waals surface area contributed by atoms with Crippen LogP contribution in [0.4, 0.5) is 0 Å². The first kappa shape index (κ1) is 15.1. The predicted molar refractivity (Wildman–Crippen MR) is 77.6 cm³/mol. The summed E-state index contributed by atoms with van der Waals surface area (Å²) in [4.78, 5) is 16.6. The van der Waals surface area contributed by atoms with E-state index in [0.717, 1.165) is 39.0 Å². The summed E-state index contributed by atoms with van der Waals surface area (Å²) in [6.45, 7) is 3.59. The number of oxime groups is 1. The van der Waals surface area contributed by atoms with E-state index < -0.39 is 0 Å². The minimum atomic E-state index is 0.230. The molecule has 1 aliphatic heterocycles. The van der Waals surface area contributed by atoms with Crippen LogP contribution in [0.1, 0.15) is 38.5 Å². The third-order valence-electron chi connectivity index (χ3n) is 4.40. The van der Waals surface area contributed by atoms with Gasteiger partial charge in [0.15, 0.2) is 5.84 Å². The zero-order chi connectivity index (χ0) is 14.4. The first-order chi connectivity index (χ1) is 9.70. The van der Waals surface area contributed by atoms with E-state index in [1.165, 1.54) is 25.7 Å². The van der Waals surface area contributed by atoms with Crippen molar-refractivity contribution in [2.45, 2.75) is 38.5 Å². The number of carbonyl (C=O) groups is 1. The van der Waals surface area contributed by atoms with Gasteiger partial charge in [-0.2, -0.15) is 0 Å². The number of hydrogen-bond acceptors (Lipinski definition) is 4. The molecule has 2 aliphatic rings. The SMILES string of the molecule is NC(CN1CCN(C(=O)C2CCCCCC2)CC1)=NO. The Hall–Kier alpha value is -1.30. The van der Waals surface area contributed by atoms with Crippen LogP contribution in [0.2, 0.25) is 0 Å². The molecule has 1 saturated heterocycles. The molecule has 0 atom stereocenters. The van der Waals surface area contributed by atoms with E-state index in [4.69, 9.17) is 10.9 Å². The summed E-state index contributed by atoms with van der Waals surface area (Å²) in [5, 5.41) is 11.6. The van der Waals surface area contributed by atoms with Crippen molar-refractivity contribution in [3.05, 3.63) is 0 Å². The van der Waals surface area contributed by atoms with Crippen molar-refractivity contribution in [1.82, 2.24) is 9.80 Å². The molecule has 1 saturated carbocycles. The third kappa shape index (κ3) is 4.10. The van der Waals surface area contributed by atoms with Gasteiger partial charge in [-0.05, 0) is 12.8 Å². The number of amides is 1. The number of amidine groups is 1. The quantitative estimate of drug-likeness (QED) is 0.264. The van der Waals surface area contributed by atoms with E-state index in [1.807, 2.05) is 4.90 Å². The van der Waals surface area contributed by atoms with E-state index in [1.54, 1.807) is 0 Å². The van der Waals surface area contributed by atoms with Gasteiger partial charge in [0, 0.05) is 32.1 Å². The van der Waals surface area contributed by atoms with Crippen LogP contribution < -0.4 is 5.73 Å². The first-order valence-electron chi connectivity index (χ1n) is 7.68. The highest BCUT2D eigenvalue weighted by molar-refractivity contribution is 5.81. The van der Waals surface area contributed by atoms with Crippen LogP contribution in [0.3, 0.4) is 0 Å². The lowest BCUT2D eigenvalue weighted by molar-refractivity contribution is -0.137. The van der Waals surface area contributed by atoms with Gasteiger partial charge in [0.2, 0.25) is 5.91 Å². The summed E-state index contributed by atoms with van der Waals surface area (Å²) in [6, 6.07) is 0. The lowest BCUT2D eigenvalue weighted by Crippen LogP contribution is -2.51. The summed E-state index contributed by atoms with van der Waals surface area (Å²) < 4.78 is 0. The molecule has 2 rings (SSSR count). The van der Waals surface area contributed by atoms with Crippen LogP contribution in [-0.2, 0) is 4.79 Å². The Balaban J connectivity index is 1.79. The van der Waals surface area contributed by atoms with Gasteiger partial charge < -0.3 is 15.8 Å². The lowest BCUT2D eigenvalue weighted by Gasteiger charge is -2.36. The fraction of sp³-hybridized carbons (Fsp3) is 0.857. The van der Waals surface area contributed by atoms with Crippen LogP contribution in [0.25, 0.3) is 0 Å². The molecule has 20 heavy (non-hydrogen) atoms. The van der Waals surface area contributed by atoms with Gasteiger partial charge in [-0.25, -0.2) is 0 Å². The number of nitrogens with two attached hydrogens (primary N) is 1. The van der Waals surface area contributed by atoms with Gasteiger partial charge in [-0.15, -0.1) is 0 Å². The predicted octanol–water partition coefficient (Wildman–Crippen LogP) is 0.847. The summed E-state index contributed by atoms with van der Waals surface area (Å²) in [7, 11) is 0. The van der Waals surface area contributed by atoms with Crippen molar-refractivity contribution in [3.63, 3.8) is 0 Å². The number of nitrogens with zero attached hydrogens (tertiary/aromatic N) is 3. The average Bonchev–Trinajstić information content (AvgIpc) is 2.76. The van der Waals surface area contributed by atoms with E-state index in [-0.39, 0.29) is 11.8 Å². The molecule has 0 aromatic carbocycles. The number of rotatable bonds is 3. The van der Waals surface area contributed by atoms with Gasteiger partial charge in [-0.3, -0.25) is 9.69 Å². The van der Waals surface area contributed by atoms with E-state index in [2.05, 4.69) is 10.1 Å². The van der Waals surface area contributed by atoms with Crippen molar-refractivity contribution < 1.29 is 10.0 Å². The van der Waals surface area contributed by atoms with E-state index >= 15 is 0 Å². The molecule has 114 valence electrons. The molecule has 0 bridgehead atoms. The Morgan fingerprint density at radius 3 is 2.25 bits per heavy atom. The molecule has 3 N–H and O–H groups in total. The molecule has 2 fully saturated rings. The zero-order valence-electron chi connectivity index (χ0n) is 12.1. The second-order valence-electron chi connectivity index (χ2n) is 5.88. The Bertz CT molecular complexity index is 343. The minimum Gasteiger partial charge on any atom is -0.409 e. The number of hydrogen-bond donors (Lipinski definition) is 2. The smallest absolute Gasteiger partial charge is 0.225 e. The van der Waals surface area contributed by atoms with Crippen LogP contribution >= 0.6 is 0 Å². The molecule has 0 unspecified atom stereocenters. The summed E-state index contributed by atoms with van der Waals surface area (Å²) in [5.41, 5.74) is 5.51. The summed E-state index contributed by atoms with van der Waals surface area (Å²) in [6.07, 6.45) is 7.06. The number of carbonyl (C=O) groups excluding carboxylic acids is 1. The van der Waals surface area contributed by atoms with Crippen LogP contribution in [0.5, 0.6) is 0 Å². The van der Waals surface area contributed by atoms with Crippen molar-refractivity contribution in [1.29, 1.82) is 0 Å². The van der Waals surface area contributed by atoms with Crippen molar-refractivity contribution in [3.8, 4) is 0 Å². The normalized spacial score (nSPS) is 23.6. The minimum absolute atomic E-state index is 0.230. The maximum absolute atomic E-state index is 12.5. The Morgan fingerprint density at radius 2 is 1.70 bits per heavy atom. The summed E-state index contributed by atoms with van der Waals surface area (Å²) >= 11 is 0. The van der Waals surface area contributed by atoms with Gasteiger partial charge in [0.05, 0.1) is 6.54 Å². The Labute approximate surface area is 120 Å². The van der Waals surface area contributed by atoms with Crippen LogP contribution in [-0.4, -0.2) is 59.5 Å². The van der Waals surface area contributed by atoms with Crippen molar-refractivity contribution in [2.75, 3.05) is 32.7 Å². The number of piperazine rings is 1. The maximum Gasteiger partial charge on any atom is 0.225 e. The zero-order valence-corrected chi connectivity index (χ0v) is 12.1. The summed E-state index contributed by atoms with van der Waals surface area (Å²) in [5.74, 6) is 0.817. The molecule has 0 spiro atoms.